The maximum atomic E-state index is 10.9. The molecule has 0 saturated carbocycles. The van der Waals surface area contributed by atoms with E-state index in [1.807, 2.05) is 11.4 Å². The van der Waals surface area contributed by atoms with Gasteiger partial charge in [0.05, 0.1) is 11.3 Å². The fraction of sp³-hybridized carbons (Fsp3) is 0.286. The van der Waals surface area contributed by atoms with Gasteiger partial charge in [0.1, 0.15) is 0 Å². The van der Waals surface area contributed by atoms with Crippen molar-refractivity contribution >= 4 is 28.1 Å². The molecule has 1 aromatic heterocycles. The molecule has 2 rings (SSSR count). The van der Waals surface area contributed by atoms with Crippen LogP contribution in [0.4, 0.5) is 10.8 Å². The van der Waals surface area contributed by atoms with E-state index >= 15 is 0 Å². The normalized spacial score (nSPS) is 11.3. The molecule has 0 aliphatic carbocycles. The van der Waals surface area contributed by atoms with Crippen molar-refractivity contribution in [3.8, 4) is 0 Å². The minimum atomic E-state index is -0.932. The molecule has 0 spiro atoms. The number of benzene rings is 1. The van der Waals surface area contributed by atoms with Crippen LogP contribution in [0.5, 0.6) is 0 Å². The third-order valence-electron chi connectivity index (χ3n) is 2.63. The topological polar surface area (TPSA) is 62.2 Å². The highest BCUT2D eigenvalue weighted by Crippen LogP contribution is 2.28. The van der Waals surface area contributed by atoms with Gasteiger partial charge in [0, 0.05) is 16.5 Å². The fourth-order valence-corrected chi connectivity index (χ4v) is 2.49. The van der Waals surface area contributed by atoms with E-state index < -0.39 is 5.97 Å². The van der Waals surface area contributed by atoms with E-state index in [9.17, 15) is 4.79 Å². The maximum Gasteiger partial charge on any atom is 0.335 e. The minimum absolute atomic E-state index is 0.0132. The number of thiazole rings is 1. The Bertz CT molecular complexity index is 599. The highest BCUT2D eigenvalue weighted by Gasteiger charge is 2.17. The number of carbonyl (C=O) groups is 1. The van der Waals surface area contributed by atoms with E-state index in [1.165, 1.54) is 11.3 Å². The lowest BCUT2D eigenvalue weighted by Crippen LogP contribution is -2.11. The number of nitrogens with zero attached hydrogens (tertiary/aromatic N) is 1. The number of aromatic carboxylic acids is 1. The Morgan fingerprint density at radius 3 is 2.68 bits per heavy atom. The third kappa shape index (κ3) is 3.32. The van der Waals surface area contributed by atoms with Crippen LogP contribution in [0.1, 0.15) is 36.8 Å². The van der Waals surface area contributed by atoms with Crippen LogP contribution in [0.3, 0.4) is 0 Å². The molecule has 100 valence electrons. The summed E-state index contributed by atoms with van der Waals surface area (Å²) in [4.78, 5) is 15.4. The van der Waals surface area contributed by atoms with E-state index in [2.05, 4.69) is 31.1 Å². The van der Waals surface area contributed by atoms with E-state index in [0.29, 0.717) is 0 Å². The molecule has 0 bridgehead atoms. The highest BCUT2D eigenvalue weighted by molar-refractivity contribution is 7.13. The Hall–Kier alpha value is -1.88. The van der Waals surface area contributed by atoms with Gasteiger partial charge < -0.3 is 10.4 Å². The van der Waals surface area contributed by atoms with Gasteiger partial charge in [0.2, 0.25) is 0 Å². The van der Waals surface area contributed by atoms with Gasteiger partial charge in [0.15, 0.2) is 5.13 Å². The summed E-state index contributed by atoms with van der Waals surface area (Å²) in [7, 11) is 0. The predicted molar refractivity (Wildman–Crippen MR) is 77.5 cm³/mol. The number of hydrogen-bond donors (Lipinski definition) is 2. The second-order valence-electron chi connectivity index (χ2n) is 5.30. The molecule has 4 nitrogen and oxygen atoms in total. The van der Waals surface area contributed by atoms with Gasteiger partial charge in [-0.1, -0.05) is 26.8 Å². The monoisotopic (exact) mass is 276 g/mol. The van der Waals surface area contributed by atoms with Crippen molar-refractivity contribution in [1.82, 2.24) is 4.98 Å². The second-order valence-corrected chi connectivity index (χ2v) is 6.16. The fourth-order valence-electron chi connectivity index (χ4n) is 1.53. The first kappa shape index (κ1) is 13.5. The summed E-state index contributed by atoms with van der Waals surface area (Å²) in [5.41, 5.74) is 2.03. The Morgan fingerprint density at radius 2 is 2.11 bits per heavy atom. The SMILES string of the molecule is CC(C)(C)c1csc(Nc2cccc(C(=O)O)c2)n1. The molecule has 2 N–H and O–H groups in total. The average Bonchev–Trinajstić information content (AvgIpc) is 2.77. The molecule has 1 heterocycles. The van der Waals surface area contributed by atoms with Crippen molar-refractivity contribution in [3.05, 3.63) is 40.9 Å². The first-order valence-electron chi connectivity index (χ1n) is 5.92. The van der Waals surface area contributed by atoms with E-state index in [1.54, 1.807) is 18.2 Å². The van der Waals surface area contributed by atoms with Crippen LogP contribution in [0.2, 0.25) is 0 Å². The first-order chi connectivity index (χ1) is 8.86. The molecular weight excluding hydrogens is 260 g/mol. The van der Waals surface area contributed by atoms with E-state index in [4.69, 9.17) is 5.11 Å². The van der Waals surface area contributed by atoms with Crippen molar-refractivity contribution in [2.24, 2.45) is 0 Å². The van der Waals surface area contributed by atoms with E-state index in [-0.39, 0.29) is 11.0 Å². The smallest absolute Gasteiger partial charge is 0.335 e. The van der Waals surface area contributed by atoms with Crippen LogP contribution >= 0.6 is 11.3 Å². The maximum absolute atomic E-state index is 10.9. The number of hydrogen-bond acceptors (Lipinski definition) is 4. The van der Waals surface area contributed by atoms with Crippen LogP contribution in [-0.2, 0) is 5.41 Å². The zero-order valence-electron chi connectivity index (χ0n) is 11.1. The molecule has 0 aliphatic heterocycles. The first-order valence-corrected chi connectivity index (χ1v) is 6.80. The van der Waals surface area contributed by atoms with Gasteiger partial charge in [-0.15, -0.1) is 11.3 Å². The average molecular weight is 276 g/mol. The Kier molecular flexibility index (Phi) is 3.57. The molecular formula is C14H16N2O2S. The van der Waals surface area contributed by atoms with Gasteiger partial charge in [0.25, 0.3) is 0 Å². The van der Waals surface area contributed by atoms with Crippen LogP contribution in [0, 0.1) is 0 Å². The molecule has 0 saturated heterocycles. The zero-order chi connectivity index (χ0) is 14.0. The summed E-state index contributed by atoms with van der Waals surface area (Å²) in [5.74, 6) is -0.932. The number of anilines is 2. The van der Waals surface area contributed by atoms with Crippen molar-refractivity contribution < 1.29 is 9.90 Å². The third-order valence-corrected chi connectivity index (χ3v) is 3.39. The molecule has 5 heteroatoms. The van der Waals surface area contributed by atoms with Crippen LogP contribution in [0.25, 0.3) is 0 Å². The van der Waals surface area contributed by atoms with Crippen LogP contribution in [0.15, 0.2) is 29.6 Å². The Balaban J connectivity index is 2.19. The number of aromatic nitrogens is 1. The number of carboxylic acids is 1. The van der Waals surface area contributed by atoms with Crippen molar-refractivity contribution in [2.45, 2.75) is 26.2 Å². The molecule has 19 heavy (non-hydrogen) atoms. The Morgan fingerprint density at radius 1 is 1.37 bits per heavy atom. The summed E-state index contributed by atoms with van der Waals surface area (Å²) in [6, 6.07) is 6.70. The molecule has 0 fully saturated rings. The van der Waals surface area contributed by atoms with Gasteiger partial charge in [-0.05, 0) is 18.2 Å². The lowest BCUT2D eigenvalue weighted by atomic mass is 9.93. The van der Waals surface area contributed by atoms with Gasteiger partial charge in [-0.2, -0.15) is 0 Å². The summed E-state index contributed by atoms with van der Waals surface area (Å²) in [6.07, 6.45) is 0. The molecule has 0 unspecified atom stereocenters. The lowest BCUT2D eigenvalue weighted by Gasteiger charge is -2.14. The molecule has 1 aromatic carbocycles. The molecule has 0 aliphatic rings. The zero-order valence-corrected chi connectivity index (χ0v) is 11.9. The van der Waals surface area contributed by atoms with Gasteiger partial charge in [-0.25, -0.2) is 9.78 Å². The molecule has 0 radical (unpaired) electrons. The number of nitrogens with one attached hydrogen (secondary N) is 1. The van der Waals surface area contributed by atoms with Crippen molar-refractivity contribution in [3.63, 3.8) is 0 Å². The summed E-state index contributed by atoms with van der Waals surface area (Å²) < 4.78 is 0. The van der Waals surface area contributed by atoms with Crippen molar-refractivity contribution in [1.29, 1.82) is 0 Å². The van der Waals surface area contributed by atoms with Gasteiger partial charge in [-0.3, -0.25) is 0 Å². The second kappa shape index (κ2) is 5.01. The highest BCUT2D eigenvalue weighted by atomic mass is 32.1. The molecule has 0 amide bonds. The van der Waals surface area contributed by atoms with Crippen molar-refractivity contribution in [2.75, 3.05) is 5.32 Å². The molecule has 0 atom stereocenters. The Labute approximate surface area is 116 Å². The minimum Gasteiger partial charge on any atom is -0.478 e. The largest absolute Gasteiger partial charge is 0.478 e. The lowest BCUT2D eigenvalue weighted by molar-refractivity contribution is 0.0697. The number of carboxylic acid groups (broad SMARTS) is 1. The van der Waals surface area contributed by atoms with Crippen LogP contribution < -0.4 is 5.32 Å². The standard InChI is InChI=1S/C14H16N2O2S/c1-14(2,3)11-8-19-13(16-11)15-10-6-4-5-9(7-10)12(17)18/h4-8H,1-3H3,(H,15,16)(H,17,18). The van der Waals surface area contributed by atoms with Crippen LogP contribution in [-0.4, -0.2) is 16.1 Å². The molecule has 2 aromatic rings. The quantitative estimate of drug-likeness (QED) is 0.893. The summed E-state index contributed by atoms with van der Waals surface area (Å²) in [5, 5.41) is 14.9. The number of rotatable bonds is 3. The van der Waals surface area contributed by atoms with Gasteiger partial charge >= 0.3 is 5.97 Å². The predicted octanol–water partition coefficient (Wildman–Crippen LogP) is 3.88. The van der Waals surface area contributed by atoms with E-state index in [0.717, 1.165) is 16.5 Å². The summed E-state index contributed by atoms with van der Waals surface area (Å²) >= 11 is 1.52. The summed E-state index contributed by atoms with van der Waals surface area (Å²) in [6.45, 7) is 6.32.